The van der Waals surface area contributed by atoms with Gasteiger partial charge in [-0.05, 0) is 42.9 Å². The van der Waals surface area contributed by atoms with Crippen LogP contribution in [0, 0.1) is 11.3 Å². The van der Waals surface area contributed by atoms with Gasteiger partial charge in [0.15, 0.2) is 5.89 Å². The molecule has 3 nitrogen and oxygen atoms in total. The van der Waals surface area contributed by atoms with Crippen molar-refractivity contribution in [1.82, 2.24) is 4.98 Å². The third-order valence-electron chi connectivity index (χ3n) is 4.20. The summed E-state index contributed by atoms with van der Waals surface area (Å²) in [6, 6.07) is 0. The molecule has 0 aliphatic heterocycles. The van der Waals surface area contributed by atoms with E-state index in [1.54, 1.807) is 6.20 Å². The molecule has 0 radical (unpaired) electrons. The lowest BCUT2D eigenvalue weighted by Gasteiger charge is -2.25. The summed E-state index contributed by atoms with van der Waals surface area (Å²) >= 11 is 0. The highest BCUT2D eigenvalue weighted by molar-refractivity contribution is 5.14. The van der Waals surface area contributed by atoms with Gasteiger partial charge in [-0.15, -0.1) is 0 Å². The van der Waals surface area contributed by atoms with Crippen LogP contribution in [0.2, 0.25) is 0 Å². The molecule has 0 amide bonds. The van der Waals surface area contributed by atoms with Crippen LogP contribution in [-0.2, 0) is 12.8 Å². The SMILES string of the molecule is CCC/C(=C\C=C/N)CC(C)(C)Cc1coc(CC(C)CC)n1. The molecule has 0 bridgehead atoms. The molecular formula is C20H34N2O. The van der Waals surface area contributed by atoms with E-state index < -0.39 is 0 Å². The lowest BCUT2D eigenvalue weighted by molar-refractivity contribution is 0.351. The average molecular weight is 319 g/mol. The minimum atomic E-state index is 0.161. The summed E-state index contributed by atoms with van der Waals surface area (Å²) in [7, 11) is 0. The van der Waals surface area contributed by atoms with Crippen molar-refractivity contribution in [3.8, 4) is 0 Å². The second-order valence-corrected chi connectivity index (χ2v) is 7.43. The molecule has 0 fully saturated rings. The molecule has 0 saturated carbocycles. The Morgan fingerprint density at radius 2 is 2.13 bits per heavy atom. The summed E-state index contributed by atoms with van der Waals surface area (Å²) in [6.07, 6.45) is 13.9. The fourth-order valence-electron chi connectivity index (χ4n) is 2.88. The van der Waals surface area contributed by atoms with Crippen LogP contribution in [0.3, 0.4) is 0 Å². The number of allylic oxidation sites excluding steroid dienone is 3. The van der Waals surface area contributed by atoms with E-state index in [0.717, 1.165) is 50.1 Å². The zero-order chi connectivity index (χ0) is 17.3. The van der Waals surface area contributed by atoms with Crippen LogP contribution in [0.4, 0.5) is 0 Å². The molecule has 0 spiro atoms. The van der Waals surface area contributed by atoms with Crippen molar-refractivity contribution in [2.24, 2.45) is 17.1 Å². The molecule has 1 atom stereocenters. The first kappa shape index (κ1) is 19.5. The third-order valence-corrected chi connectivity index (χ3v) is 4.20. The van der Waals surface area contributed by atoms with Gasteiger partial charge in [-0.3, -0.25) is 0 Å². The highest BCUT2D eigenvalue weighted by Crippen LogP contribution is 2.31. The van der Waals surface area contributed by atoms with Gasteiger partial charge in [-0.2, -0.15) is 0 Å². The van der Waals surface area contributed by atoms with E-state index in [2.05, 4.69) is 45.7 Å². The molecule has 0 aliphatic carbocycles. The molecule has 1 unspecified atom stereocenters. The minimum Gasteiger partial charge on any atom is -0.449 e. The van der Waals surface area contributed by atoms with E-state index in [-0.39, 0.29) is 5.41 Å². The highest BCUT2D eigenvalue weighted by Gasteiger charge is 2.22. The highest BCUT2D eigenvalue weighted by atomic mass is 16.3. The van der Waals surface area contributed by atoms with Gasteiger partial charge in [0.1, 0.15) is 6.26 Å². The van der Waals surface area contributed by atoms with E-state index in [1.807, 2.05) is 12.3 Å². The Bertz CT molecular complexity index is 511. The number of nitrogens with zero attached hydrogens (tertiary/aromatic N) is 1. The van der Waals surface area contributed by atoms with Crippen molar-refractivity contribution < 1.29 is 4.42 Å². The van der Waals surface area contributed by atoms with Gasteiger partial charge in [0.25, 0.3) is 0 Å². The number of hydrogen-bond acceptors (Lipinski definition) is 3. The zero-order valence-electron chi connectivity index (χ0n) is 15.6. The van der Waals surface area contributed by atoms with Gasteiger partial charge in [-0.25, -0.2) is 4.98 Å². The predicted octanol–water partition coefficient (Wildman–Crippen LogP) is 5.42. The van der Waals surface area contributed by atoms with Gasteiger partial charge in [0.05, 0.1) is 5.69 Å². The van der Waals surface area contributed by atoms with Crippen LogP contribution < -0.4 is 5.73 Å². The second kappa shape index (κ2) is 9.59. The molecule has 0 aromatic carbocycles. The number of oxazole rings is 1. The molecular weight excluding hydrogens is 284 g/mol. The molecule has 3 heteroatoms. The van der Waals surface area contributed by atoms with Crippen molar-refractivity contribution in [1.29, 1.82) is 0 Å². The summed E-state index contributed by atoms with van der Waals surface area (Å²) in [5.41, 5.74) is 8.14. The second-order valence-electron chi connectivity index (χ2n) is 7.43. The molecule has 2 N–H and O–H groups in total. The van der Waals surface area contributed by atoms with Gasteiger partial charge < -0.3 is 10.2 Å². The van der Waals surface area contributed by atoms with E-state index in [9.17, 15) is 0 Å². The first-order valence-electron chi connectivity index (χ1n) is 8.89. The van der Waals surface area contributed by atoms with Crippen LogP contribution >= 0.6 is 0 Å². The van der Waals surface area contributed by atoms with Gasteiger partial charge >= 0.3 is 0 Å². The molecule has 1 rings (SSSR count). The van der Waals surface area contributed by atoms with Crippen LogP contribution in [0.15, 0.2) is 34.6 Å². The van der Waals surface area contributed by atoms with Crippen molar-refractivity contribution in [3.05, 3.63) is 41.8 Å². The molecule has 1 aromatic rings. The van der Waals surface area contributed by atoms with Crippen LogP contribution in [0.5, 0.6) is 0 Å². The lowest BCUT2D eigenvalue weighted by Crippen LogP contribution is -2.16. The summed E-state index contributed by atoms with van der Waals surface area (Å²) in [6.45, 7) is 11.2. The average Bonchev–Trinajstić information content (AvgIpc) is 2.90. The van der Waals surface area contributed by atoms with Crippen molar-refractivity contribution in [2.45, 2.75) is 73.1 Å². The lowest BCUT2D eigenvalue weighted by atomic mass is 9.80. The first-order chi connectivity index (χ1) is 10.9. The Morgan fingerprint density at radius 1 is 1.39 bits per heavy atom. The van der Waals surface area contributed by atoms with E-state index in [4.69, 9.17) is 10.2 Å². The summed E-state index contributed by atoms with van der Waals surface area (Å²) < 4.78 is 5.65. The summed E-state index contributed by atoms with van der Waals surface area (Å²) in [5.74, 6) is 1.50. The van der Waals surface area contributed by atoms with Crippen LogP contribution in [0.25, 0.3) is 0 Å². The van der Waals surface area contributed by atoms with Crippen LogP contribution in [0.1, 0.15) is 71.9 Å². The summed E-state index contributed by atoms with van der Waals surface area (Å²) in [4.78, 5) is 4.68. The van der Waals surface area contributed by atoms with E-state index >= 15 is 0 Å². The maximum atomic E-state index is 5.65. The topological polar surface area (TPSA) is 52.0 Å². The molecule has 23 heavy (non-hydrogen) atoms. The number of nitrogens with two attached hydrogens (primary N) is 1. The van der Waals surface area contributed by atoms with Crippen LogP contribution in [-0.4, -0.2) is 4.98 Å². The monoisotopic (exact) mass is 318 g/mol. The van der Waals surface area contributed by atoms with Gasteiger partial charge in [-0.1, -0.05) is 59.1 Å². The maximum Gasteiger partial charge on any atom is 0.194 e. The fraction of sp³-hybridized carbons (Fsp3) is 0.650. The maximum absolute atomic E-state index is 5.65. The Labute approximate surface area is 142 Å². The Morgan fingerprint density at radius 3 is 2.74 bits per heavy atom. The Hall–Kier alpha value is -1.51. The Kier molecular flexibility index (Phi) is 8.15. The number of rotatable bonds is 10. The smallest absolute Gasteiger partial charge is 0.194 e. The fourth-order valence-corrected chi connectivity index (χ4v) is 2.88. The van der Waals surface area contributed by atoms with E-state index in [0.29, 0.717) is 5.92 Å². The summed E-state index contributed by atoms with van der Waals surface area (Å²) in [5, 5.41) is 0. The molecule has 1 aromatic heterocycles. The largest absolute Gasteiger partial charge is 0.449 e. The van der Waals surface area contributed by atoms with Crippen molar-refractivity contribution in [2.75, 3.05) is 0 Å². The van der Waals surface area contributed by atoms with Gasteiger partial charge in [0, 0.05) is 6.42 Å². The molecule has 0 aliphatic rings. The third kappa shape index (κ3) is 7.54. The van der Waals surface area contributed by atoms with Crippen molar-refractivity contribution >= 4 is 0 Å². The standard InChI is InChI=1S/C20H34N2O/c1-6-9-17(10-8-11-21)13-20(4,5)14-18-15-23-19(22-18)12-16(3)7-2/h8,10-11,15-16H,6-7,9,12-14,21H2,1-5H3/b11-8-,17-10+. The minimum absolute atomic E-state index is 0.161. The molecule has 1 heterocycles. The Balaban J connectivity index is 2.69. The zero-order valence-corrected chi connectivity index (χ0v) is 15.6. The normalized spacial score (nSPS) is 14.6. The predicted molar refractivity (Wildman–Crippen MR) is 98.1 cm³/mol. The number of hydrogen-bond donors (Lipinski definition) is 1. The molecule has 130 valence electrons. The quantitative estimate of drug-likeness (QED) is 0.586. The first-order valence-corrected chi connectivity index (χ1v) is 8.89. The van der Waals surface area contributed by atoms with Gasteiger partial charge in [0.2, 0.25) is 0 Å². The molecule has 0 saturated heterocycles. The number of aromatic nitrogens is 1. The van der Waals surface area contributed by atoms with Crippen molar-refractivity contribution in [3.63, 3.8) is 0 Å². The van der Waals surface area contributed by atoms with E-state index in [1.165, 1.54) is 5.57 Å².